The van der Waals surface area contributed by atoms with Gasteiger partial charge in [-0.2, -0.15) is 5.10 Å². The Labute approximate surface area is 136 Å². The average molecular weight is 322 g/mol. The van der Waals surface area contributed by atoms with E-state index in [4.69, 9.17) is 9.47 Å². The predicted molar refractivity (Wildman–Crippen MR) is 85.1 cm³/mol. The van der Waals surface area contributed by atoms with Crippen LogP contribution in [0.2, 0.25) is 0 Å². The van der Waals surface area contributed by atoms with Crippen LogP contribution in [0.1, 0.15) is 18.4 Å². The summed E-state index contributed by atoms with van der Waals surface area (Å²) in [6, 6.07) is 0. The van der Waals surface area contributed by atoms with E-state index in [1.54, 1.807) is 7.11 Å². The van der Waals surface area contributed by atoms with Gasteiger partial charge in [-0.15, -0.1) is 0 Å². The molecule has 0 aromatic carbocycles. The van der Waals surface area contributed by atoms with Crippen molar-refractivity contribution in [3.05, 3.63) is 18.0 Å². The van der Waals surface area contributed by atoms with Crippen LogP contribution in [-0.2, 0) is 20.8 Å². The van der Waals surface area contributed by atoms with Crippen LogP contribution >= 0.6 is 0 Å². The number of aromatic nitrogens is 2. The molecular formula is C16H26N4O3. The zero-order valence-electron chi connectivity index (χ0n) is 14.0. The molecule has 0 radical (unpaired) electrons. The van der Waals surface area contributed by atoms with Gasteiger partial charge in [-0.05, 0) is 38.4 Å². The molecular weight excluding hydrogens is 296 g/mol. The van der Waals surface area contributed by atoms with E-state index in [9.17, 15) is 4.79 Å². The maximum Gasteiger partial charge on any atom is 0.255 e. The molecule has 0 spiro atoms. The minimum Gasteiger partial charge on any atom is -0.373 e. The zero-order chi connectivity index (χ0) is 16.3. The molecule has 1 atom stereocenters. The van der Waals surface area contributed by atoms with Crippen molar-refractivity contribution < 1.29 is 14.3 Å². The van der Waals surface area contributed by atoms with E-state index < -0.39 is 5.60 Å². The molecule has 7 nitrogen and oxygen atoms in total. The first kappa shape index (κ1) is 16.4. The van der Waals surface area contributed by atoms with Crippen molar-refractivity contribution in [1.82, 2.24) is 20.0 Å². The van der Waals surface area contributed by atoms with E-state index in [0.29, 0.717) is 26.2 Å². The summed E-state index contributed by atoms with van der Waals surface area (Å²) in [7, 11) is 1.65. The highest BCUT2D eigenvalue weighted by Crippen LogP contribution is 2.26. The first-order valence-corrected chi connectivity index (χ1v) is 8.29. The number of nitrogens with zero attached hydrogens (tertiary/aromatic N) is 3. The quantitative estimate of drug-likeness (QED) is 0.857. The molecule has 3 heterocycles. The molecule has 23 heavy (non-hydrogen) atoms. The number of carbonyl (C=O) groups excluding carboxylic acids is 1. The second-order valence-corrected chi connectivity index (χ2v) is 6.43. The standard InChI is InChI=1S/C16H26N4O3/c1-13-9-18-20(10-13)12-14-11-19(7-8-23-14)15(21)16(22-2)3-5-17-6-4-16/h9-10,14,17H,3-8,11-12H2,1-2H3. The number of hydrogen-bond acceptors (Lipinski definition) is 5. The number of ether oxygens (including phenoxy) is 2. The fraction of sp³-hybridized carbons (Fsp3) is 0.750. The van der Waals surface area contributed by atoms with Gasteiger partial charge in [-0.25, -0.2) is 0 Å². The van der Waals surface area contributed by atoms with Gasteiger partial charge < -0.3 is 19.7 Å². The third-order valence-electron chi connectivity index (χ3n) is 4.77. The van der Waals surface area contributed by atoms with Gasteiger partial charge in [0.05, 0.1) is 25.5 Å². The maximum absolute atomic E-state index is 13.0. The molecule has 1 unspecified atom stereocenters. The molecule has 0 aliphatic carbocycles. The largest absolute Gasteiger partial charge is 0.373 e. The molecule has 1 aromatic rings. The molecule has 0 bridgehead atoms. The third kappa shape index (κ3) is 3.57. The van der Waals surface area contributed by atoms with Crippen molar-refractivity contribution in [2.45, 2.75) is 38.0 Å². The topological polar surface area (TPSA) is 68.6 Å². The number of carbonyl (C=O) groups is 1. The number of aryl methyl sites for hydroxylation is 1. The van der Waals surface area contributed by atoms with Crippen LogP contribution in [0.4, 0.5) is 0 Å². The highest BCUT2D eigenvalue weighted by Gasteiger charge is 2.43. The summed E-state index contributed by atoms with van der Waals surface area (Å²) in [5.74, 6) is 0.103. The number of methoxy groups -OCH3 is 1. The summed E-state index contributed by atoms with van der Waals surface area (Å²) in [4.78, 5) is 14.9. The first-order valence-electron chi connectivity index (χ1n) is 8.29. The third-order valence-corrected chi connectivity index (χ3v) is 4.77. The Balaban J connectivity index is 1.64. The Bertz CT molecular complexity index is 539. The van der Waals surface area contributed by atoms with E-state index in [1.807, 2.05) is 28.9 Å². The summed E-state index contributed by atoms with van der Waals surface area (Å²) < 4.78 is 13.4. The molecule has 2 fully saturated rings. The van der Waals surface area contributed by atoms with Gasteiger partial charge >= 0.3 is 0 Å². The Morgan fingerprint density at radius 3 is 2.96 bits per heavy atom. The lowest BCUT2D eigenvalue weighted by Gasteiger charge is -2.41. The maximum atomic E-state index is 13.0. The van der Waals surface area contributed by atoms with Gasteiger partial charge in [0.15, 0.2) is 0 Å². The van der Waals surface area contributed by atoms with Crippen LogP contribution in [0.25, 0.3) is 0 Å². The molecule has 3 rings (SSSR count). The van der Waals surface area contributed by atoms with Crippen molar-refractivity contribution in [1.29, 1.82) is 0 Å². The van der Waals surface area contributed by atoms with Gasteiger partial charge in [0.25, 0.3) is 5.91 Å². The van der Waals surface area contributed by atoms with Crippen LogP contribution in [0.15, 0.2) is 12.4 Å². The average Bonchev–Trinajstić information content (AvgIpc) is 3.00. The van der Waals surface area contributed by atoms with Crippen LogP contribution in [0, 0.1) is 6.92 Å². The van der Waals surface area contributed by atoms with Gasteiger partial charge in [0.2, 0.25) is 0 Å². The van der Waals surface area contributed by atoms with Crippen molar-refractivity contribution in [2.24, 2.45) is 0 Å². The number of hydrogen-bond donors (Lipinski definition) is 1. The van der Waals surface area contributed by atoms with Crippen LogP contribution in [0.5, 0.6) is 0 Å². The lowest BCUT2D eigenvalue weighted by molar-refractivity contribution is -0.165. The summed E-state index contributed by atoms with van der Waals surface area (Å²) >= 11 is 0. The fourth-order valence-corrected chi connectivity index (χ4v) is 3.41. The first-order chi connectivity index (χ1) is 11.1. The van der Waals surface area contributed by atoms with Crippen molar-refractivity contribution in [2.75, 3.05) is 39.9 Å². The monoisotopic (exact) mass is 322 g/mol. The lowest BCUT2D eigenvalue weighted by Crippen LogP contribution is -2.58. The molecule has 2 saturated heterocycles. The lowest BCUT2D eigenvalue weighted by atomic mass is 9.90. The molecule has 1 amide bonds. The Hall–Kier alpha value is -1.44. The molecule has 7 heteroatoms. The van der Waals surface area contributed by atoms with E-state index in [1.165, 1.54) is 0 Å². The summed E-state index contributed by atoms with van der Waals surface area (Å²) in [5.41, 5.74) is 0.455. The second-order valence-electron chi connectivity index (χ2n) is 6.43. The molecule has 128 valence electrons. The predicted octanol–water partition coefficient (Wildman–Crippen LogP) is 0.188. The number of piperidine rings is 1. The van der Waals surface area contributed by atoms with Gasteiger partial charge in [0.1, 0.15) is 5.60 Å². The number of amides is 1. The SMILES string of the molecule is COC1(C(=O)N2CCOC(Cn3cc(C)cn3)C2)CCNCC1. The van der Waals surface area contributed by atoms with E-state index >= 15 is 0 Å². The van der Waals surface area contributed by atoms with Crippen LogP contribution in [0.3, 0.4) is 0 Å². The minimum atomic E-state index is -0.671. The highest BCUT2D eigenvalue weighted by atomic mass is 16.5. The Morgan fingerprint density at radius 1 is 1.52 bits per heavy atom. The summed E-state index contributed by atoms with van der Waals surface area (Å²) in [6.45, 7) is 6.11. The Morgan fingerprint density at radius 2 is 2.30 bits per heavy atom. The summed E-state index contributed by atoms with van der Waals surface area (Å²) in [6.07, 6.45) is 5.25. The van der Waals surface area contributed by atoms with E-state index in [2.05, 4.69) is 10.4 Å². The molecule has 2 aliphatic heterocycles. The van der Waals surface area contributed by atoms with Crippen molar-refractivity contribution in [3.63, 3.8) is 0 Å². The van der Waals surface area contributed by atoms with Gasteiger partial charge in [0, 0.05) is 26.4 Å². The zero-order valence-corrected chi connectivity index (χ0v) is 14.0. The van der Waals surface area contributed by atoms with Crippen LogP contribution < -0.4 is 5.32 Å². The van der Waals surface area contributed by atoms with E-state index in [0.717, 1.165) is 31.5 Å². The second kappa shape index (κ2) is 6.98. The molecule has 0 saturated carbocycles. The van der Waals surface area contributed by atoms with Gasteiger partial charge in [-0.3, -0.25) is 9.48 Å². The Kier molecular flexibility index (Phi) is 4.99. The van der Waals surface area contributed by atoms with E-state index in [-0.39, 0.29) is 12.0 Å². The van der Waals surface area contributed by atoms with Crippen molar-refractivity contribution >= 4 is 5.91 Å². The van der Waals surface area contributed by atoms with Gasteiger partial charge in [-0.1, -0.05) is 0 Å². The number of nitrogens with one attached hydrogen (secondary N) is 1. The smallest absolute Gasteiger partial charge is 0.255 e. The fourth-order valence-electron chi connectivity index (χ4n) is 3.41. The number of rotatable bonds is 4. The molecule has 1 N–H and O–H groups in total. The molecule has 2 aliphatic rings. The van der Waals surface area contributed by atoms with Crippen LogP contribution in [-0.4, -0.2) is 72.2 Å². The molecule has 1 aromatic heterocycles. The van der Waals surface area contributed by atoms with Crippen molar-refractivity contribution in [3.8, 4) is 0 Å². The minimum absolute atomic E-state index is 0.0254. The normalized spacial score (nSPS) is 24.6. The summed E-state index contributed by atoms with van der Waals surface area (Å²) in [5, 5.41) is 7.59. The highest BCUT2D eigenvalue weighted by molar-refractivity contribution is 5.85. The number of morpholine rings is 1.